The number of hydrogen-bond donors (Lipinski definition) is 0. The van der Waals surface area contributed by atoms with E-state index in [2.05, 4.69) is 25.9 Å². The van der Waals surface area contributed by atoms with Gasteiger partial charge >= 0.3 is 0 Å². The predicted octanol–water partition coefficient (Wildman–Crippen LogP) is 2.13. The zero-order valence-corrected chi connectivity index (χ0v) is 7.43. The highest BCUT2D eigenvalue weighted by molar-refractivity contribution is 4.79. The number of nitrogens with zero attached hydrogens (tertiary/aromatic N) is 1. The Morgan fingerprint density at radius 1 is 1.30 bits per heavy atom. The number of hydrogen-bond acceptors (Lipinski definition) is 1. The van der Waals surface area contributed by atoms with Gasteiger partial charge in [0.15, 0.2) is 0 Å². The van der Waals surface area contributed by atoms with Gasteiger partial charge in [0.05, 0.1) is 0 Å². The Morgan fingerprint density at radius 3 is 2.30 bits per heavy atom. The van der Waals surface area contributed by atoms with Gasteiger partial charge in [-0.15, -0.1) is 0 Å². The van der Waals surface area contributed by atoms with Gasteiger partial charge in [0.2, 0.25) is 0 Å². The summed E-state index contributed by atoms with van der Waals surface area (Å²) in [7, 11) is 4.39. The first-order valence-corrected chi connectivity index (χ1v) is 4.40. The lowest BCUT2D eigenvalue weighted by atomic mass is 10.1. The minimum absolute atomic E-state index is 0.880. The summed E-state index contributed by atoms with van der Waals surface area (Å²) in [5.41, 5.74) is 0. The van der Waals surface area contributed by atoms with Gasteiger partial charge in [-0.2, -0.15) is 0 Å². The summed E-state index contributed by atoms with van der Waals surface area (Å²) in [6.45, 7) is 2.31. The Kier molecular flexibility index (Phi) is 2.72. The quantitative estimate of drug-likeness (QED) is 0.569. The van der Waals surface area contributed by atoms with E-state index in [0.29, 0.717) is 0 Å². The molecule has 1 saturated carbocycles. The molecule has 60 valence electrons. The fourth-order valence-electron chi connectivity index (χ4n) is 1.89. The molecule has 0 saturated heterocycles. The van der Waals surface area contributed by atoms with E-state index in [-0.39, 0.29) is 0 Å². The maximum Gasteiger partial charge on any atom is 0.00919 e. The van der Waals surface area contributed by atoms with Crippen LogP contribution < -0.4 is 0 Å². The molecular weight excluding hydrogens is 122 g/mol. The van der Waals surface area contributed by atoms with Gasteiger partial charge in [-0.05, 0) is 39.3 Å². The van der Waals surface area contributed by atoms with Gasteiger partial charge in [0.1, 0.15) is 0 Å². The van der Waals surface area contributed by atoms with Gasteiger partial charge < -0.3 is 4.90 Å². The maximum atomic E-state index is 2.37. The van der Waals surface area contributed by atoms with Crippen LogP contribution in [-0.2, 0) is 0 Å². The third-order valence-electron chi connectivity index (χ3n) is 2.82. The van der Waals surface area contributed by atoms with E-state index in [1.54, 1.807) is 0 Å². The minimum atomic E-state index is 0.880. The lowest BCUT2D eigenvalue weighted by Gasteiger charge is -2.18. The summed E-state index contributed by atoms with van der Waals surface area (Å²) in [5, 5.41) is 0. The van der Waals surface area contributed by atoms with Gasteiger partial charge in [0, 0.05) is 6.04 Å². The normalized spacial score (nSPS) is 33.6. The molecule has 0 N–H and O–H groups in total. The van der Waals surface area contributed by atoms with Gasteiger partial charge in [-0.25, -0.2) is 0 Å². The topological polar surface area (TPSA) is 3.24 Å². The van der Waals surface area contributed by atoms with Crippen LogP contribution in [0.4, 0.5) is 0 Å². The lowest BCUT2D eigenvalue weighted by molar-refractivity contribution is 0.290. The molecule has 0 amide bonds. The summed E-state index contributed by atoms with van der Waals surface area (Å²) in [5.74, 6) is 1.02. The monoisotopic (exact) mass is 141 g/mol. The molecule has 10 heavy (non-hydrogen) atoms. The first-order chi connectivity index (χ1) is 4.74. The maximum absolute atomic E-state index is 2.37. The van der Waals surface area contributed by atoms with Crippen molar-refractivity contribution >= 4 is 0 Å². The van der Waals surface area contributed by atoms with Crippen LogP contribution >= 0.6 is 0 Å². The molecule has 1 rings (SSSR count). The molecular formula is C9H19N. The van der Waals surface area contributed by atoms with E-state index >= 15 is 0 Å². The molecule has 1 aliphatic carbocycles. The summed E-state index contributed by atoms with van der Waals surface area (Å²) < 4.78 is 0. The fourth-order valence-corrected chi connectivity index (χ4v) is 1.89. The van der Waals surface area contributed by atoms with E-state index < -0.39 is 0 Å². The molecule has 1 aliphatic rings. The standard InChI is InChI=1S/C9H19N/c1-4-8-5-6-9(7-8)10(2)3/h8-9H,4-7H2,1-3H3/t8-,9-/m0/s1. The van der Waals surface area contributed by atoms with Crippen LogP contribution in [0.3, 0.4) is 0 Å². The zero-order valence-electron chi connectivity index (χ0n) is 7.43. The van der Waals surface area contributed by atoms with Crippen molar-refractivity contribution in [3.05, 3.63) is 0 Å². The largest absolute Gasteiger partial charge is 0.306 e. The average Bonchev–Trinajstić information content (AvgIpc) is 2.34. The molecule has 2 atom stereocenters. The molecule has 0 aromatic heterocycles. The second kappa shape index (κ2) is 3.38. The van der Waals surface area contributed by atoms with Gasteiger partial charge in [-0.1, -0.05) is 13.3 Å². The summed E-state index contributed by atoms with van der Waals surface area (Å²) in [4.78, 5) is 2.37. The van der Waals surface area contributed by atoms with E-state index in [0.717, 1.165) is 12.0 Å². The van der Waals surface area contributed by atoms with Crippen molar-refractivity contribution in [3.8, 4) is 0 Å². The molecule has 0 spiro atoms. The molecule has 0 bridgehead atoms. The van der Waals surface area contributed by atoms with E-state index in [4.69, 9.17) is 0 Å². The predicted molar refractivity (Wildman–Crippen MR) is 45.1 cm³/mol. The fraction of sp³-hybridized carbons (Fsp3) is 1.00. The molecule has 0 aliphatic heterocycles. The average molecular weight is 141 g/mol. The minimum Gasteiger partial charge on any atom is -0.306 e. The van der Waals surface area contributed by atoms with Gasteiger partial charge in [-0.3, -0.25) is 0 Å². The smallest absolute Gasteiger partial charge is 0.00919 e. The lowest BCUT2D eigenvalue weighted by Crippen LogP contribution is -2.24. The van der Waals surface area contributed by atoms with E-state index in [1.807, 2.05) is 0 Å². The highest BCUT2D eigenvalue weighted by Gasteiger charge is 2.24. The molecule has 0 aromatic rings. The Bertz CT molecular complexity index is 98.9. The van der Waals surface area contributed by atoms with Crippen molar-refractivity contribution in [2.45, 2.75) is 38.6 Å². The molecule has 0 unspecified atom stereocenters. The molecule has 0 heterocycles. The first-order valence-electron chi connectivity index (χ1n) is 4.40. The van der Waals surface area contributed by atoms with Crippen LogP contribution in [0, 0.1) is 5.92 Å². The molecule has 1 nitrogen and oxygen atoms in total. The van der Waals surface area contributed by atoms with Crippen LogP contribution in [0.15, 0.2) is 0 Å². The Labute approximate surface area is 64.4 Å². The Morgan fingerprint density at radius 2 is 2.00 bits per heavy atom. The summed E-state index contributed by atoms with van der Waals surface area (Å²) in [6, 6.07) is 0.880. The summed E-state index contributed by atoms with van der Waals surface area (Å²) >= 11 is 0. The van der Waals surface area contributed by atoms with Gasteiger partial charge in [0.25, 0.3) is 0 Å². The van der Waals surface area contributed by atoms with Crippen molar-refractivity contribution < 1.29 is 0 Å². The molecule has 1 heteroatoms. The Balaban J connectivity index is 2.28. The van der Waals surface area contributed by atoms with Crippen molar-refractivity contribution in [1.82, 2.24) is 4.90 Å². The van der Waals surface area contributed by atoms with Crippen molar-refractivity contribution in [2.75, 3.05) is 14.1 Å². The summed E-state index contributed by atoms with van der Waals surface area (Å²) in [6.07, 6.45) is 5.69. The second-order valence-corrected chi connectivity index (χ2v) is 3.70. The van der Waals surface area contributed by atoms with Crippen LogP contribution in [0.25, 0.3) is 0 Å². The Hall–Kier alpha value is -0.0400. The van der Waals surface area contributed by atoms with Crippen molar-refractivity contribution in [3.63, 3.8) is 0 Å². The van der Waals surface area contributed by atoms with Crippen molar-refractivity contribution in [1.29, 1.82) is 0 Å². The molecule has 0 aromatic carbocycles. The van der Waals surface area contributed by atoms with Crippen molar-refractivity contribution in [2.24, 2.45) is 5.92 Å². The zero-order chi connectivity index (χ0) is 7.56. The van der Waals surface area contributed by atoms with Crippen LogP contribution in [-0.4, -0.2) is 25.0 Å². The molecule has 0 radical (unpaired) electrons. The molecule has 1 fully saturated rings. The first kappa shape index (κ1) is 8.06. The third-order valence-corrected chi connectivity index (χ3v) is 2.82. The number of rotatable bonds is 2. The van der Waals surface area contributed by atoms with E-state index in [9.17, 15) is 0 Å². The SMILES string of the molecule is CC[C@H]1CC[C@H](N(C)C)C1. The van der Waals surface area contributed by atoms with Crippen LogP contribution in [0.1, 0.15) is 32.6 Å². The van der Waals surface area contributed by atoms with Crippen LogP contribution in [0.2, 0.25) is 0 Å². The van der Waals surface area contributed by atoms with Crippen LogP contribution in [0.5, 0.6) is 0 Å². The second-order valence-electron chi connectivity index (χ2n) is 3.70. The third kappa shape index (κ3) is 1.72. The highest BCUT2D eigenvalue weighted by Crippen LogP contribution is 2.29. The van der Waals surface area contributed by atoms with E-state index in [1.165, 1.54) is 25.7 Å². The highest BCUT2D eigenvalue weighted by atomic mass is 15.1.